The highest BCUT2D eigenvalue weighted by molar-refractivity contribution is 14.0. The Morgan fingerprint density at radius 1 is 1.27 bits per heavy atom. The van der Waals surface area contributed by atoms with Crippen LogP contribution in [-0.2, 0) is 4.79 Å². The maximum atomic E-state index is 12.1. The third-order valence-electron chi connectivity index (χ3n) is 6.20. The number of piperidine rings is 1. The zero-order valence-corrected chi connectivity index (χ0v) is 18.6. The first-order valence-electron chi connectivity index (χ1n) is 9.43. The molecule has 148 valence electrons. The van der Waals surface area contributed by atoms with E-state index in [9.17, 15) is 9.59 Å². The number of nitrogens with one attached hydrogen (secondary N) is 3. The quantitative estimate of drug-likeness (QED) is 0.250. The SMILES string of the molecule is CCNC(=NCC1CC1(C)C)N1CCC(C2(C)NC(=O)NC2=O)CC1.I. The third kappa shape index (κ3) is 4.26. The molecule has 0 aromatic heterocycles. The van der Waals surface area contributed by atoms with E-state index in [1.54, 1.807) is 0 Å². The van der Waals surface area contributed by atoms with Gasteiger partial charge >= 0.3 is 6.03 Å². The number of nitrogens with zero attached hydrogens (tertiary/aromatic N) is 2. The number of urea groups is 1. The summed E-state index contributed by atoms with van der Waals surface area (Å²) in [5, 5.41) is 8.58. The number of imide groups is 1. The molecule has 0 aromatic carbocycles. The van der Waals surface area contributed by atoms with Crippen molar-refractivity contribution in [3.63, 3.8) is 0 Å². The van der Waals surface area contributed by atoms with Gasteiger partial charge in [0.15, 0.2) is 5.96 Å². The summed E-state index contributed by atoms with van der Waals surface area (Å²) >= 11 is 0. The molecular formula is C18H32IN5O2. The van der Waals surface area contributed by atoms with Crippen LogP contribution < -0.4 is 16.0 Å². The minimum Gasteiger partial charge on any atom is -0.357 e. The fraction of sp³-hybridized carbons (Fsp3) is 0.833. The van der Waals surface area contributed by atoms with E-state index in [4.69, 9.17) is 4.99 Å². The smallest absolute Gasteiger partial charge is 0.322 e. The minimum atomic E-state index is -0.781. The highest BCUT2D eigenvalue weighted by atomic mass is 127. The Morgan fingerprint density at radius 2 is 1.88 bits per heavy atom. The summed E-state index contributed by atoms with van der Waals surface area (Å²) in [4.78, 5) is 30.7. The van der Waals surface area contributed by atoms with Gasteiger partial charge in [-0.05, 0) is 50.4 Å². The lowest BCUT2D eigenvalue weighted by Crippen LogP contribution is -2.55. The van der Waals surface area contributed by atoms with Crippen molar-refractivity contribution in [2.24, 2.45) is 22.2 Å². The summed E-state index contributed by atoms with van der Waals surface area (Å²) in [5.74, 6) is 1.62. The largest absolute Gasteiger partial charge is 0.357 e. The van der Waals surface area contributed by atoms with E-state index in [0.29, 0.717) is 11.3 Å². The summed E-state index contributed by atoms with van der Waals surface area (Å²) in [6.07, 6.45) is 2.98. The van der Waals surface area contributed by atoms with E-state index < -0.39 is 5.54 Å². The zero-order chi connectivity index (χ0) is 18.2. The number of likely N-dealkylation sites (tertiary alicyclic amines) is 1. The number of carbonyl (C=O) groups is 2. The van der Waals surface area contributed by atoms with Gasteiger partial charge < -0.3 is 15.5 Å². The van der Waals surface area contributed by atoms with E-state index in [0.717, 1.165) is 45.0 Å². The standard InChI is InChI=1S/C18H31N5O2.HI/c1-5-19-15(20-11-13-10-17(13,2)3)23-8-6-12(7-9-23)18(4)14(24)21-16(25)22-18;/h12-13H,5-11H2,1-4H3,(H,19,20)(H2,21,22,24,25);1H. The van der Waals surface area contributed by atoms with Crippen molar-refractivity contribution in [3.8, 4) is 0 Å². The molecule has 0 spiro atoms. The van der Waals surface area contributed by atoms with Crippen LogP contribution in [0.3, 0.4) is 0 Å². The number of rotatable bonds is 4. The number of halogens is 1. The molecule has 26 heavy (non-hydrogen) atoms. The van der Waals surface area contributed by atoms with Crippen molar-refractivity contribution in [1.82, 2.24) is 20.9 Å². The lowest BCUT2D eigenvalue weighted by atomic mass is 9.79. The second-order valence-corrected chi connectivity index (χ2v) is 8.46. The van der Waals surface area contributed by atoms with Gasteiger partial charge in [0, 0.05) is 26.2 Å². The molecule has 1 aliphatic carbocycles. The lowest BCUT2D eigenvalue weighted by molar-refractivity contribution is -0.125. The van der Waals surface area contributed by atoms with Crippen LogP contribution >= 0.6 is 24.0 Å². The van der Waals surface area contributed by atoms with Gasteiger partial charge in [-0.1, -0.05) is 13.8 Å². The Bertz CT molecular complexity index is 586. The van der Waals surface area contributed by atoms with Crippen LogP contribution in [0.25, 0.3) is 0 Å². The van der Waals surface area contributed by atoms with Gasteiger partial charge in [0.05, 0.1) is 0 Å². The molecule has 2 aliphatic heterocycles. The van der Waals surface area contributed by atoms with Crippen LogP contribution in [0.2, 0.25) is 0 Å². The van der Waals surface area contributed by atoms with Gasteiger partial charge in [-0.15, -0.1) is 24.0 Å². The predicted octanol–water partition coefficient (Wildman–Crippen LogP) is 1.93. The van der Waals surface area contributed by atoms with Crippen LogP contribution in [0.5, 0.6) is 0 Å². The predicted molar refractivity (Wildman–Crippen MR) is 113 cm³/mol. The molecule has 7 nitrogen and oxygen atoms in total. The topological polar surface area (TPSA) is 85.8 Å². The first kappa shape index (κ1) is 21.2. The van der Waals surface area contributed by atoms with Crippen molar-refractivity contribution in [1.29, 1.82) is 0 Å². The summed E-state index contributed by atoms with van der Waals surface area (Å²) in [6.45, 7) is 12.0. The van der Waals surface area contributed by atoms with Gasteiger partial charge in [0.2, 0.25) is 0 Å². The van der Waals surface area contributed by atoms with Gasteiger partial charge in [-0.2, -0.15) is 0 Å². The highest BCUT2D eigenvalue weighted by Gasteiger charge is 2.49. The van der Waals surface area contributed by atoms with Gasteiger partial charge in [-0.25, -0.2) is 4.79 Å². The molecule has 3 fully saturated rings. The molecule has 3 amide bonds. The molecular weight excluding hydrogens is 445 g/mol. The summed E-state index contributed by atoms with van der Waals surface area (Å²) in [6, 6.07) is -0.378. The summed E-state index contributed by atoms with van der Waals surface area (Å²) in [7, 11) is 0. The molecule has 1 saturated carbocycles. The average Bonchev–Trinajstić information content (AvgIpc) is 3.08. The van der Waals surface area contributed by atoms with E-state index in [2.05, 4.69) is 41.6 Å². The van der Waals surface area contributed by atoms with Crippen molar-refractivity contribution in [3.05, 3.63) is 0 Å². The van der Waals surface area contributed by atoms with E-state index >= 15 is 0 Å². The van der Waals surface area contributed by atoms with Gasteiger partial charge in [0.1, 0.15) is 5.54 Å². The first-order valence-corrected chi connectivity index (χ1v) is 9.43. The maximum absolute atomic E-state index is 12.1. The van der Waals surface area contributed by atoms with Crippen molar-refractivity contribution in [2.45, 2.75) is 52.5 Å². The summed E-state index contributed by atoms with van der Waals surface area (Å²) in [5.41, 5.74) is -0.340. The van der Waals surface area contributed by atoms with Gasteiger partial charge in [-0.3, -0.25) is 15.1 Å². The number of amides is 3. The molecule has 8 heteroatoms. The Kier molecular flexibility index (Phi) is 6.45. The molecule has 3 aliphatic rings. The monoisotopic (exact) mass is 477 g/mol. The Labute approximate surface area is 173 Å². The molecule has 3 N–H and O–H groups in total. The fourth-order valence-electron chi connectivity index (χ4n) is 4.02. The number of carbonyl (C=O) groups excluding carboxylic acids is 2. The van der Waals surface area contributed by atoms with Crippen molar-refractivity contribution in [2.75, 3.05) is 26.2 Å². The zero-order valence-electron chi connectivity index (χ0n) is 16.2. The average molecular weight is 477 g/mol. The molecule has 0 radical (unpaired) electrons. The van der Waals surface area contributed by atoms with Crippen molar-refractivity contribution >= 4 is 41.9 Å². The van der Waals surface area contributed by atoms with E-state index in [1.807, 2.05) is 6.92 Å². The number of guanidine groups is 1. The number of aliphatic imine (C=N–C) groups is 1. The van der Waals surface area contributed by atoms with Crippen LogP contribution in [-0.4, -0.2) is 54.5 Å². The molecule has 0 aromatic rings. The normalized spacial score (nSPS) is 31.2. The fourth-order valence-corrected chi connectivity index (χ4v) is 4.02. The Balaban J connectivity index is 0.00000243. The van der Waals surface area contributed by atoms with E-state index in [-0.39, 0.29) is 41.8 Å². The summed E-state index contributed by atoms with van der Waals surface area (Å²) < 4.78 is 0. The number of hydrogen-bond acceptors (Lipinski definition) is 3. The Hall–Kier alpha value is -1.06. The van der Waals surface area contributed by atoms with E-state index in [1.165, 1.54) is 6.42 Å². The molecule has 0 bridgehead atoms. The lowest BCUT2D eigenvalue weighted by Gasteiger charge is -2.39. The first-order chi connectivity index (χ1) is 11.8. The molecule has 2 saturated heterocycles. The second kappa shape index (κ2) is 7.90. The number of hydrogen-bond donors (Lipinski definition) is 3. The van der Waals surface area contributed by atoms with Gasteiger partial charge in [0.25, 0.3) is 5.91 Å². The van der Waals surface area contributed by atoms with Crippen LogP contribution in [0.4, 0.5) is 4.79 Å². The third-order valence-corrected chi connectivity index (χ3v) is 6.20. The van der Waals surface area contributed by atoms with Crippen LogP contribution in [0.1, 0.15) is 47.0 Å². The van der Waals surface area contributed by atoms with Crippen molar-refractivity contribution < 1.29 is 9.59 Å². The van der Waals surface area contributed by atoms with Crippen LogP contribution in [0, 0.1) is 17.3 Å². The maximum Gasteiger partial charge on any atom is 0.322 e. The van der Waals surface area contributed by atoms with Crippen LogP contribution in [0.15, 0.2) is 4.99 Å². The minimum absolute atomic E-state index is 0. The molecule has 3 rings (SSSR count). The second-order valence-electron chi connectivity index (χ2n) is 8.46. The molecule has 2 unspecified atom stereocenters. The highest BCUT2D eigenvalue weighted by Crippen LogP contribution is 2.51. The molecule has 2 heterocycles. The molecule has 2 atom stereocenters. The Morgan fingerprint density at radius 3 is 2.35 bits per heavy atom.